The normalized spacial score (nSPS) is 12.7. The van der Waals surface area contributed by atoms with Gasteiger partial charge < -0.3 is 0 Å². The molecular formula is C5H9O3S. The molecule has 0 bridgehead atoms. The maximum Gasteiger partial charge on any atom is 0.295 e. The Morgan fingerprint density at radius 1 is 1.67 bits per heavy atom. The molecule has 0 saturated carbocycles. The van der Waals surface area contributed by atoms with Crippen LogP contribution in [0.3, 0.4) is 0 Å². The van der Waals surface area contributed by atoms with Crippen LogP contribution in [0.15, 0.2) is 6.08 Å². The summed E-state index contributed by atoms with van der Waals surface area (Å²) in [6.07, 6.45) is 2.78. The Balaban J connectivity index is 3.73. The van der Waals surface area contributed by atoms with Crippen molar-refractivity contribution in [3.05, 3.63) is 11.5 Å². The quantitative estimate of drug-likeness (QED) is 0.609. The van der Waals surface area contributed by atoms with Gasteiger partial charge in [0.25, 0.3) is 10.1 Å². The smallest absolute Gasteiger partial charge is 0.282 e. The molecule has 0 aliphatic heterocycles. The molecule has 0 amide bonds. The van der Waals surface area contributed by atoms with Crippen molar-refractivity contribution in [3.8, 4) is 0 Å². The van der Waals surface area contributed by atoms with E-state index < -0.39 is 10.1 Å². The van der Waals surface area contributed by atoms with Crippen molar-refractivity contribution in [3.63, 3.8) is 0 Å². The van der Waals surface area contributed by atoms with Crippen LogP contribution in [-0.4, -0.2) is 13.0 Å². The fourth-order valence-corrected chi connectivity index (χ4v) is 0.637. The molecule has 53 valence electrons. The van der Waals surface area contributed by atoms with Gasteiger partial charge in [-0.3, -0.25) is 4.55 Å². The van der Waals surface area contributed by atoms with Gasteiger partial charge in [0.05, 0.1) is 0 Å². The van der Waals surface area contributed by atoms with E-state index in [0.29, 0.717) is 6.42 Å². The summed E-state index contributed by atoms with van der Waals surface area (Å²) in [6, 6.07) is 0. The van der Waals surface area contributed by atoms with Crippen molar-refractivity contribution in [2.45, 2.75) is 19.8 Å². The van der Waals surface area contributed by atoms with Crippen LogP contribution in [0.5, 0.6) is 0 Å². The highest BCUT2D eigenvalue weighted by Crippen LogP contribution is 1.90. The highest BCUT2D eigenvalue weighted by Gasteiger charge is 1.93. The van der Waals surface area contributed by atoms with E-state index in [1.54, 1.807) is 0 Å². The molecule has 0 heterocycles. The van der Waals surface area contributed by atoms with Gasteiger partial charge in [0.2, 0.25) is 0 Å². The molecule has 0 aromatic heterocycles. The zero-order chi connectivity index (χ0) is 7.33. The van der Waals surface area contributed by atoms with E-state index in [1.165, 1.54) is 6.08 Å². The van der Waals surface area contributed by atoms with Gasteiger partial charge in [0, 0.05) is 0 Å². The number of hydrogen-bond donors (Lipinski definition) is 1. The van der Waals surface area contributed by atoms with Gasteiger partial charge >= 0.3 is 0 Å². The lowest BCUT2D eigenvalue weighted by Gasteiger charge is -1.81. The first-order chi connectivity index (χ1) is 4.06. The Kier molecular flexibility index (Phi) is 3.49. The molecule has 9 heavy (non-hydrogen) atoms. The highest BCUT2D eigenvalue weighted by atomic mass is 32.2. The molecular weight excluding hydrogens is 140 g/mol. The van der Waals surface area contributed by atoms with Gasteiger partial charge in [-0.05, 0) is 6.42 Å². The molecule has 0 aromatic carbocycles. The monoisotopic (exact) mass is 149 g/mol. The first-order valence-corrected chi connectivity index (χ1v) is 4.06. The minimum Gasteiger partial charge on any atom is -0.282 e. The third-order valence-electron chi connectivity index (χ3n) is 0.665. The van der Waals surface area contributed by atoms with Gasteiger partial charge in [-0.1, -0.05) is 19.4 Å². The average Bonchev–Trinajstić information content (AvgIpc) is 1.63. The third kappa shape index (κ3) is 7.65. The lowest BCUT2D eigenvalue weighted by atomic mass is 10.3. The Bertz CT molecular complexity index is 178. The Morgan fingerprint density at radius 3 is 2.56 bits per heavy atom. The Morgan fingerprint density at radius 2 is 2.22 bits per heavy atom. The predicted octanol–water partition coefficient (Wildman–Crippen LogP) is 0.991. The first kappa shape index (κ1) is 8.65. The number of hydrogen-bond acceptors (Lipinski definition) is 2. The van der Waals surface area contributed by atoms with E-state index in [2.05, 4.69) is 0 Å². The summed E-state index contributed by atoms with van der Waals surface area (Å²) in [7, 11) is -4.00. The molecule has 1 radical (unpaired) electrons. The van der Waals surface area contributed by atoms with Crippen molar-refractivity contribution in [1.29, 1.82) is 0 Å². The lowest BCUT2D eigenvalue weighted by Crippen LogP contribution is -1.89. The molecule has 0 rings (SSSR count). The van der Waals surface area contributed by atoms with Crippen molar-refractivity contribution < 1.29 is 13.0 Å². The summed E-state index contributed by atoms with van der Waals surface area (Å²) in [5.74, 6) is 0. The Hall–Kier alpha value is -0.350. The van der Waals surface area contributed by atoms with Crippen LogP contribution in [0.4, 0.5) is 0 Å². The lowest BCUT2D eigenvalue weighted by molar-refractivity contribution is 0.492. The molecule has 0 atom stereocenters. The van der Waals surface area contributed by atoms with Crippen LogP contribution in [0, 0.1) is 5.41 Å². The average molecular weight is 149 g/mol. The topological polar surface area (TPSA) is 54.4 Å². The maximum absolute atomic E-state index is 9.92. The molecule has 1 N–H and O–H groups in total. The van der Waals surface area contributed by atoms with E-state index in [4.69, 9.17) is 4.55 Å². The van der Waals surface area contributed by atoms with Crippen molar-refractivity contribution >= 4 is 10.1 Å². The van der Waals surface area contributed by atoms with Crippen LogP contribution < -0.4 is 0 Å². The molecule has 0 saturated heterocycles. The first-order valence-electron chi connectivity index (χ1n) is 2.62. The van der Waals surface area contributed by atoms with Gasteiger partial charge in [-0.2, -0.15) is 8.42 Å². The molecule has 0 aliphatic carbocycles. The predicted molar refractivity (Wildman–Crippen MR) is 34.3 cm³/mol. The summed E-state index contributed by atoms with van der Waals surface area (Å²) in [4.78, 5) is 0. The second kappa shape index (κ2) is 3.63. The largest absolute Gasteiger partial charge is 0.295 e. The molecule has 0 spiro atoms. The fraction of sp³-hybridized carbons (Fsp3) is 0.600. The molecule has 0 aliphatic rings. The third-order valence-corrected chi connectivity index (χ3v) is 1.13. The minimum absolute atomic E-state index is 0.625. The van der Waals surface area contributed by atoms with E-state index in [-0.39, 0.29) is 0 Å². The summed E-state index contributed by atoms with van der Waals surface area (Å²) in [5.41, 5.74) is 0. The second-order valence-corrected chi connectivity index (χ2v) is 2.77. The molecule has 0 unspecified atom stereocenters. The van der Waals surface area contributed by atoms with Crippen LogP contribution in [-0.2, 0) is 10.1 Å². The highest BCUT2D eigenvalue weighted by molar-refractivity contribution is 7.87. The zero-order valence-electron chi connectivity index (χ0n) is 5.16. The molecule has 4 heteroatoms. The van der Waals surface area contributed by atoms with E-state index in [9.17, 15) is 8.42 Å². The van der Waals surface area contributed by atoms with Crippen molar-refractivity contribution in [1.82, 2.24) is 0 Å². The van der Waals surface area contributed by atoms with E-state index >= 15 is 0 Å². The molecule has 0 aromatic rings. The summed E-state index contributed by atoms with van der Waals surface area (Å²) in [5, 5.41) is 1.83. The van der Waals surface area contributed by atoms with Crippen LogP contribution in [0.25, 0.3) is 0 Å². The second-order valence-electron chi connectivity index (χ2n) is 1.59. The van der Waals surface area contributed by atoms with Crippen LogP contribution in [0.2, 0.25) is 0 Å². The Labute approximate surface area is 55.1 Å². The molecule has 0 fully saturated rings. The minimum atomic E-state index is -4.00. The van der Waals surface area contributed by atoms with Crippen molar-refractivity contribution in [2.24, 2.45) is 0 Å². The number of unbranched alkanes of at least 4 members (excludes halogenated alkanes) is 1. The summed E-state index contributed by atoms with van der Waals surface area (Å²) < 4.78 is 27.9. The fourth-order valence-electron chi connectivity index (χ4n) is 0.309. The number of rotatable bonds is 3. The maximum atomic E-state index is 9.92. The number of allylic oxidation sites excluding steroid dienone is 1. The van der Waals surface area contributed by atoms with Gasteiger partial charge in [-0.25, -0.2) is 0 Å². The summed E-state index contributed by atoms with van der Waals surface area (Å²) in [6.45, 7) is 1.90. The van der Waals surface area contributed by atoms with Crippen molar-refractivity contribution in [2.75, 3.05) is 0 Å². The molecule has 3 nitrogen and oxygen atoms in total. The van der Waals surface area contributed by atoms with E-state index in [0.717, 1.165) is 6.42 Å². The standard InChI is InChI=1S/C5H9O3S/c1-2-3-4-5-9(6,7)8/h4H,2-3H2,1H3,(H,6,7,8). The summed E-state index contributed by atoms with van der Waals surface area (Å²) >= 11 is 0. The van der Waals surface area contributed by atoms with Gasteiger partial charge in [0.15, 0.2) is 0 Å². The SMILES string of the molecule is CCC/C=[C]\S(=O)(=O)O. The van der Waals surface area contributed by atoms with Crippen LogP contribution >= 0.6 is 0 Å². The van der Waals surface area contributed by atoms with Crippen LogP contribution in [0.1, 0.15) is 19.8 Å². The van der Waals surface area contributed by atoms with E-state index in [1.807, 2.05) is 12.3 Å². The zero-order valence-corrected chi connectivity index (χ0v) is 5.98. The van der Waals surface area contributed by atoms with Gasteiger partial charge in [0.1, 0.15) is 5.41 Å². The van der Waals surface area contributed by atoms with Gasteiger partial charge in [-0.15, -0.1) is 0 Å².